The summed E-state index contributed by atoms with van der Waals surface area (Å²) in [6, 6.07) is 20.8. The standard InChI is InChI=1S/C26H28N2O4/c1-4-14-31-24-13-12-22(16-25(24)30-3)26(29)28-27-17-21-6-5-7-23(15-21)32-18-20-10-8-19(2)9-11-20/h5-13,15-17H,4,14,18H2,1-3H3,(H,28,29)/b27-17+. The molecule has 0 aromatic heterocycles. The van der Waals surface area contributed by atoms with E-state index in [1.807, 2.05) is 43.3 Å². The topological polar surface area (TPSA) is 69.2 Å². The predicted octanol–water partition coefficient (Wildman–Crippen LogP) is 5.14. The van der Waals surface area contributed by atoms with Crippen molar-refractivity contribution in [3.8, 4) is 17.2 Å². The average Bonchev–Trinajstić information content (AvgIpc) is 2.82. The van der Waals surface area contributed by atoms with Gasteiger partial charge in [-0.2, -0.15) is 5.10 Å². The minimum atomic E-state index is -0.339. The van der Waals surface area contributed by atoms with E-state index >= 15 is 0 Å². The minimum Gasteiger partial charge on any atom is -0.493 e. The van der Waals surface area contributed by atoms with Crippen LogP contribution in [0.4, 0.5) is 0 Å². The Hall–Kier alpha value is -3.80. The van der Waals surface area contributed by atoms with Crippen LogP contribution >= 0.6 is 0 Å². The Bertz CT molecular complexity index is 1060. The highest BCUT2D eigenvalue weighted by Crippen LogP contribution is 2.28. The van der Waals surface area contributed by atoms with Crippen LogP contribution in [0.2, 0.25) is 0 Å². The summed E-state index contributed by atoms with van der Waals surface area (Å²) in [5, 5.41) is 4.06. The zero-order valence-electron chi connectivity index (χ0n) is 18.6. The molecular weight excluding hydrogens is 404 g/mol. The lowest BCUT2D eigenvalue weighted by molar-refractivity contribution is 0.0954. The first-order valence-electron chi connectivity index (χ1n) is 10.5. The van der Waals surface area contributed by atoms with Gasteiger partial charge < -0.3 is 14.2 Å². The second-order valence-electron chi connectivity index (χ2n) is 7.26. The molecule has 3 aromatic carbocycles. The molecule has 0 atom stereocenters. The summed E-state index contributed by atoms with van der Waals surface area (Å²) in [7, 11) is 1.54. The van der Waals surface area contributed by atoms with Gasteiger partial charge in [0.15, 0.2) is 11.5 Å². The molecule has 32 heavy (non-hydrogen) atoms. The van der Waals surface area contributed by atoms with Gasteiger partial charge in [-0.15, -0.1) is 0 Å². The van der Waals surface area contributed by atoms with Crippen molar-refractivity contribution in [3.05, 3.63) is 89.0 Å². The molecule has 0 saturated heterocycles. The van der Waals surface area contributed by atoms with E-state index in [0.717, 1.165) is 23.3 Å². The molecule has 0 unspecified atom stereocenters. The molecule has 0 radical (unpaired) electrons. The molecule has 0 heterocycles. The summed E-state index contributed by atoms with van der Waals surface area (Å²) in [5.41, 5.74) is 6.09. The summed E-state index contributed by atoms with van der Waals surface area (Å²) >= 11 is 0. The van der Waals surface area contributed by atoms with Crippen LogP contribution in [-0.2, 0) is 6.61 Å². The molecule has 1 N–H and O–H groups in total. The fourth-order valence-electron chi connectivity index (χ4n) is 2.91. The number of nitrogens with zero attached hydrogens (tertiary/aromatic N) is 1. The Morgan fingerprint density at radius 3 is 2.56 bits per heavy atom. The van der Waals surface area contributed by atoms with Crippen LogP contribution in [0.3, 0.4) is 0 Å². The van der Waals surface area contributed by atoms with Gasteiger partial charge in [-0.25, -0.2) is 5.43 Å². The van der Waals surface area contributed by atoms with Crippen molar-refractivity contribution < 1.29 is 19.0 Å². The third-order valence-electron chi connectivity index (χ3n) is 4.65. The number of aryl methyl sites for hydroxylation is 1. The smallest absolute Gasteiger partial charge is 0.271 e. The normalized spacial score (nSPS) is 10.7. The fourth-order valence-corrected chi connectivity index (χ4v) is 2.91. The van der Waals surface area contributed by atoms with Gasteiger partial charge in [-0.05, 0) is 54.8 Å². The third kappa shape index (κ3) is 6.60. The van der Waals surface area contributed by atoms with Gasteiger partial charge in [-0.1, -0.05) is 48.9 Å². The number of amides is 1. The number of ether oxygens (including phenoxy) is 3. The quantitative estimate of drug-likeness (QED) is 0.356. The molecular formula is C26H28N2O4. The van der Waals surface area contributed by atoms with Crippen LogP contribution in [0.1, 0.15) is 40.4 Å². The summed E-state index contributed by atoms with van der Waals surface area (Å²) in [6.07, 6.45) is 2.46. The number of rotatable bonds is 10. The Labute approximate surface area is 188 Å². The summed E-state index contributed by atoms with van der Waals surface area (Å²) < 4.78 is 16.8. The lowest BCUT2D eigenvalue weighted by Crippen LogP contribution is -2.17. The van der Waals surface area contributed by atoms with Gasteiger partial charge in [-0.3, -0.25) is 4.79 Å². The second kappa shape index (κ2) is 11.6. The molecule has 0 fully saturated rings. The van der Waals surface area contributed by atoms with Crippen molar-refractivity contribution in [1.82, 2.24) is 5.43 Å². The first-order chi connectivity index (χ1) is 15.6. The second-order valence-corrected chi connectivity index (χ2v) is 7.26. The maximum atomic E-state index is 12.4. The van der Waals surface area contributed by atoms with Gasteiger partial charge in [0.1, 0.15) is 12.4 Å². The Kier molecular flexibility index (Phi) is 8.26. The summed E-state index contributed by atoms with van der Waals surface area (Å²) in [4.78, 5) is 12.4. The van der Waals surface area contributed by atoms with Gasteiger partial charge in [0.25, 0.3) is 5.91 Å². The van der Waals surface area contributed by atoms with Crippen LogP contribution < -0.4 is 19.6 Å². The maximum Gasteiger partial charge on any atom is 0.271 e. The number of nitrogens with one attached hydrogen (secondary N) is 1. The van der Waals surface area contributed by atoms with E-state index in [0.29, 0.717) is 30.3 Å². The van der Waals surface area contributed by atoms with Crippen molar-refractivity contribution in [2.45, 2.75) is 26.9 Å². The molecule has 0 spiro atoms. The number of hydrogen-bond acceptors (Lipinski definition) is 5. The van der Waals surface area contributed by atoms with E-state index < -0.39 is 0 Å². The molecule has 6 heteroatoms. The molecule has 0 aliphatic heterocycles. The number of benzene rings is 3. The highest BCUT2D eigenvalue weighted by atomic mass is 16.5. The monoisotopic (exact) mass is 432 g/mol. The Morgan fingerprint density at radius 2 is 1.81 bits per heavy atom. The zero-order valence-corrected chi connectivity index (χ0v) is 18.6. The van der Waals surface area contributed by atoms with Crippen molar-refractivity contribution in [2.75, 3.05) is 13.7 Å². The van der Waals surface area contributed by atoms with Crippen molar-refractivity contribution >= 4 is 12.1 Å². The minimum absolute atomic E-state index is 0.339. The molecule has 0 saturated carbocycles. The molecule has 0 aliphatic rings. The van der Waals surface area contributed by atoms with Crippen LogP contribution in [0.25, 0.3) is 0 Å². The van der Waals surface area contributed by atoms with Crippen molar-refractivity contribution in [2.24, 2.45) is 5.10 Å². The lowest BCUT2D eigenvalue weighted by Gasteiger charge is -2.11. The highest BCUT2D eigenvalue weighted by Gasteiger charge is 2.10. The summed E-state index contributed by atoms with van der Waals surface area (Å²) in [6.45, 7) is 5.15. The first kappa shape index (κ1) is 22.9. The molecule has 0 aliphatic carbocycles. The number of hydrogen-bond donors (Lipinski definition) is 1. The van der Waals surface area contributed by atoms with Gasteiger partial charge >= 0.3 is 0 Å². The average molecular weight is 433 g/mol. The van der Waals surface area contributed by atoms with Gasteiger partial charge in [0, 0.05) is 5.56 Å². The van der Waals surface area contributed by atoms with E-state index in [1.54, 1.807) is 31.5 Å². The maximum absolute atomic E-state index is 12.4. The van der Waals surface area contributed by atoms with Crippen molar-refractivity contribution in [1.29, 1.82) is 0 Å². The fraction of sp³-hybridized carbons (Fsp3) is 0.231. The molecule has 0 bridgehead atoms. The molecule has 3 aromatic rings. The molecule has 6 nitrogen and oxygen atoms in total. The molecule has 166 valence electrons. The first-order valence-corrected chi connectivity index (χ1v) is 10.5. The summed E-state index contributed by atoms with van der Waals surface area (Å²) in [5.74, 6) is 1.51. The number of hydrazone groups is 1. The van der Waals surface area contributed by atoms with Gasteiger partial charge in [0.2, 0.25) is 0 Å². The van der Waals surface area contributed by atoms with E-state index in [4.69, 9.17) is 14.2 Å². The zero-order chi connectivity index (χ0) is 22.8. The SMILES string of the molecule is CCCOc1ccc(C(=O)N/N=C/c2cccc(OCc3ccc(C)cc3)c2)cc1OC. The number of methoxy groups -OCH3 is 1. The Morgan fingerprint density at radius 1 is 1.00 bits per heavy atom. The highest BCUT2D eigenvalue weighted by molar-refractivity contribution is 5.95. The lowest BCUT2D eigenvalue weighted by atomic mass is 10.2. The molecule has 1 amide bonds. The van der Waals surface area contributed by atoms with E-state index in [2.05, 4.69) is 29.6 Å². The van der Waals surface area contributed by atoms with Crippen LogP contribution in [0.5, 0.6) is 17.2 Å². The number of carbonyl (C=O) groups is 1. The Balaban J connectivity index is 1.57. The van der Waals surface area contributed by atoms with E-state index in [1.165, 1.54) is 5.56 Å². The third-order valence-corrected chi connectivity index (χ3v) is 4.65. The largest absolute Gasteiger partial charge is 0.493 e. The number of carbonyl (C=O) groups excluding carboxylic acids is 1. The van der Waals surface area contributed by atoms with E-state index in [9.17, 15) is 4.79 Å². The van der Waals surface area contributed by atoms with Crippen LogP contribution in [-0.4, -0.2) is 25.8 Å². The predicted molar refractivity (Wildman–Crippen MR) is 126 cm³/mol. The van der Waals surface area contributed by atoms with Crippen LogP contribution in [0.15, 0.2) is 71.8 Å². The van der Waals surface area contributed by atoms with Crippen molar-refractivity contribution in [3.63, 3.8) is 0 Å². The molecule has 3 rings (SSSR count). The van der Waals surface area contributed by atoms with Crippen LogP contribution in [0, 0.1) is 6.92 Å². The van der Waals surface area contributed by atoms with Gasteiger partial charge in [0.05, 0.1) is 19.9 Å². The van der Waals surface area contributed by atoms with E-state index in [-0.39, 0.29) is 5.91 Å².